The Balaban J connectivity index is 0.00000289. The molecule has 0 aromatic heterocycles. The number of ether oxygens (including phenoxy) is 1. The number of hydrogen-bond acceptors (Lipinski definition) is 4. The van der Waals surface area contributed by atoms with E-state index in [0.717, 1.165) is 32.1 Å². The predicted octanol–water partition coefficient (Wildman–Crippen LogP) is 2.53. The summed E-state index contributed by atoms with van der Waals surface area (Å²) >= 11 is 0. The van der Waals surface area contributed by atoms with Gasteiger partial charge in [-0.2, -0.15) is 5.48 Å². The van der Waals surface area contributed by atoms with Gasteiger partial charge in [-0.25, -0.2) is 4.79 Å². The Hall–Kier alpha value is -0.520. The molecule has 1 saturated carbocycles. The van der Waals surface area contributed by atoms with Crippen LogP contribution in [0.1, 0.15) is 51.4 Å². The summed E-state index contributed by atoms with van der Waals surface area (Å²) in [5.41, 5.74) is 7.72. The number of halogens is 1. The normalized spacial score (nSPS) is 15.8. The molecule has 18 heavy (non-hydrogen) atoms. The second kappa shape index (κ2) is 11.6. The van der Waals surface area contributed by atoms with E-state index in [1.165, 1.54) is 19.3 Å². The van der Waals surface area contributed by atoms with Gasteiger partial charge in [-0.15, -0.1) is 12.4 Å². The smallest absolute Gasteiger partial charge is 0.431 e. The first-order chi connectivity index (χ1) is 8.33. The van der Waals surface area contributed by atoms with Crippen molar-refractivity contribution in [1.29, 1.82) is 0 Å². The summed E-state index contributed by atoms with van der Waals surface area (Å²) in [5.74, 6) is 0. The zero-order valence-electron chi connectivity index (χ0n) is 10.9. The van der Waals surface area contributed by atoms with Crippen LogP contribution in [0.4, 0.5) is 4.79 Å². The molecule has 108 valence electrons. The number of nitrogens with two attached hydrogens (primary N) is 1. The lowest BCUT2D eigenvalue weighted by Crippen LogP contribution is -2.31. The molecule has 1 amide bonds. The van der Waals surface area contributed by atoms with E-state index in [9.17, 15) is 4.79 Å². The van der Waals surface area contributed by atoms with E-state index in [4.69, 9.17) is 15.3 Å². The molecule has 1 aliphatic rings. The third-order valence-electron chi connectivity index (χ3n) is 2.94. The van der Waals surface area contributed by atoms with Crippen LogP contribution in [0, 0.1) is 0 Å². The molecule has 1 fully saturated rings. The molecule has 0 aliphatic heterocycles. The lowest BCUT2D eigenvalue weighted by Gasteiger charge is -2.21. The number of amides is 1. The molecule has 0 spiro atoms. The first kappa shape index (κ1) is 17.5. The Morgan fingerprint density at radius 2 is 1.89 bits per heavy atom. The zero-order valence-corrected chi connectivity index (χ0v) is 11.7. The second-order valence-corrected chi connectivity index (χ2v) is 4.47. The molecular weight excluding hydrogens is 256 g/mol. The van der Waals surface area contributed by atoms with Gasteiger partial charge in [0.2, 0.25) is 0 Å². The molecule has 0 heterocycles. The fourth-order valence-electron chi connectivity index (χ4n) is 1.93. The molecule has 1 rings (SSSR count). The van der Waals surface area contributed by atoms with Gasteiger partial charge in [0.1, 0.15) is 0 Å². The number of carbonyl (C=O) groups is 1. The highest BCUT2D eigenvalue weighted by Gasteiger charge is 2.15. The van der Waals surface area contributed by atoms with Crippen molar-refractivity contribution < 1.29 is 14.4 Å². The molecule has 0 aromatic rings. The summed E-state index contributed by atoms with van der Waals surface area (Å²) < 4.78 is 4.96. The Kier molecular flexibility index (Phi) is 11.2. The van der Waals surface area contributed by atoms with Crippen LogP contribution in [0.5, 0.6) is 0 Å². The van der Waals surface area contributed by atoms with Gasteiger partial charge in [-0.3, -0.25) is 4.84 Å². The van der Waals surface area contributed by atoms with E-state index >= 15 is 0 Å². The molecule has 0 radical (unpaired) electrons. The second-order valence-electron chi connectivity index (χ2n) is 4.47. The van der Waals surface area contributed by atoms with Crippen molar-refractivity contribution in [2.24, 2.45) is 5.73 Å². The van der Waals surface area contributed by atoms with Crippen molar-refractivity contribution in [2.75, 3.05) is 13.2 Å². The predicted molar refractivity (Wildman–Crippen MR) is 72.6 cm³/mol. The molecule has 6 heteroatoms. The number of unbranched alkanes of at least 4 members (excludes halogenated alkanes) is 2. The van der Waals surface area contributed by atoms with Gasteiger partial charge in [-0.05, 0) is 38.6 Å². The first-order valence-corrected chi connectivity index (χ1v) is 6.61. The lowest BCUT2D eigenvalue weighted by atomic mass is 9.98. The summed E-state index contributed by atoms with van der Waals surface area (Å²) in [7, 11) is 0. The molecule has 3 N–H and O–H groups in total. The van der Waals surface area contributed by atoms with E-state index in [0.29, 0.717) is 13.2 Å². The minimum atomic E-state index is -0.483. The summed E-state index contributed by atoms with van der Waals surface area (Å²) in [5, 5.41) is 0. The van der Waals surface area contributed by atoms with Crippen LogP contribution in [-0.2, 0) is 9.57 Å². The Morgan fingerprint density at radius 1 is 1.17 bits per heavy atom. The average molecular weight is 281 g/mol. The lowest BCUT2D eigenvalue weighted by molar-refractivity contribution is -0.0387. The Bertz CT molecular complexity index is 211. The maximum absolute atomic E-state index is 11.2. The van der Waals surface area contributed by atoms with Gasteiger partial charge >= 0.3 is 6.09 Å². The minimum Gasteiger partial charge on any atom is -0.448 e. The van der Waals surface area contributed by atoms with E-state index < -0.39 is 6.09 Å². The highest BCUT2D eigenvalue weighted by Crippen LogP contribution is 2.19. The van der Waals surface area contributed by atoms with Crippen LogP contribution in [-0.4, -0.2) is 25.3 Å². The van der Waals surface area contributed by atoms with Crippen molar-refractivity contribution in [3.63, 3.8) is 0 Å². The third kappa shape index (κ3) is 8.55. The largest absolute Gasteiger partial charge is 0.448 e. The van der Waals surface area contributed by atoms with Crippen molar-refractivity contribution >= 4 is 18.5 Å². The fourth-order valence-corrected chi connectivity index (χ4v) is 1.93. The highest BCUT2D eigenvalue weighted by molar-refractivity contribution is 5.85. The standard InChI is InChI=1S/C12H24N2O3.ClH/c13-9-5-2-6-10-16-12(15)14-17-11-7-3-1-4-8-11;/h11H,1-10,13H2,(H,14,15);1H. The third-order valence-corrected chi connectivity index (χ3v) is 2.94. The SMILES string of the molecule is Cl.NCCCCCOC(=O)NOC1CCCCC1. The van der Waals surface area contributed by atoms with Crippen molar-refractivity contribution in [2.45, 2.75) is 57.5 Å². The van der Waals surface area contributed by atoms with Gasteiger partial charge in [0.05, 0.1) is 12.7 Å². The van der Waals surface area contributed by atoms with Crippen LogP contribution in [0.25, 0.3) is 0 Å². The highest BCUT2D eigenvalue weighted by atomic mass is 35.5. The first-order valence-electron chi connectivity index (χ1n) is 6.61. The quantitative estimate of drug-likeness (QED) is 0.555. The van der Waals surface area contributed by atoms with Crippen molar-refractivity contribution in [1.82, 2.24) is 5.48 Å². The molecule has 0 unspecified atom stereocenters. The molecule has 5 nitrogen and oxygen atoms in total. The maximum atomic E-state index is 11.2. The molecule has 0 bridgehead atoms. The molecule has 1 aliphatic carbocycles. The number of rotatable bonds is 7. The van der Waals surface area contributed by atoms with Crippen LogP contribution in [0.15, 0.2) is 0 Å². The number of hydroxylamine groups is 1. The van der Waals surface area contributed by atoms with Crippen LogP contribution in [0.2, 0.25) is 0 Å². The van der Waals surface area contributed by atoms with Crippen LogP contribution < -0.4 is 11.2 Å². The topological polar surface area (TPSA) is 73.6 Å². The zero-order chi connectivity index (χ0) is 12.3. The Labute approximate surface area is 115 Å². The average Bonchev–Trinajstić information content (AvgIpc) is 2.37. The summed E-state index contributed by atoms with van der Waals surface area (Å²) in [6.07, 6.45) is 8.18. The maximum Gasteiger partial charge on any atom is 0.431 e. The molecule has 0 atom stereocenters. The summed E-state index contributed by atoms with van der Waals surface area (Å²) in [6.45, 7) is 1.12. The molecular formula is C12H25ClN2O3. The van der Waals surface area contributed by atoms with E-state index in [1.807, 2.05) is 0 Å². The van der Waals surface area contributed by atoms with Gasteiger partial charge in [-0.1, -0.05) is 19.3 Å². The van der Waals surface area contributed by atoms with Crippen molar-refractivity contribution in [3.05, 3.63) is 0 Å². The number of hydrogen-bond donors (Lipinski definition) is 2. The molecule has 0 aromatic carbocycles. The molecule has 0 saturated heterocycles. The van der Waals surface area contributed by atoms with Gasteiger partial charge in [0.15, 0.2) is 0 Å². The van der Waals surface area contributed by atoms with E-state index in [-0.39, 0.29) is 18.5 Å². The van der Waals surface area contributed by atoms with E-state index in [1.54, 1.807) is 0 Å². The summed E-state index contributed by atoms with van der Waals surface area (Å²) in [4.78, 5) is 16.5. The fraction of sp³-hybridized carbons (Fsp3) is 0.917. The van der Waals surface area contributed by atoms with Crippen molar-refractivity contribution in [3.8, 4) is 0 Å². The Morgan fingerprint density at radius 3 is 2.56 bits per heavy atom. The summed E-state index contributed by atoms with van der Waals surface area (Å²) in [6, 6.07) is 0. The van der Waals surface area contributed by atoms with Gasteiger partial charge < -0.3 is 10.5 Å². The van der Waals surface area contributed by atoms with E-state index in [2.05, 4.69) is 5.48 Å². The number of carbonyl (C=O) groups excluding carboxylic acids is 1. The monoisotopic (exact) mass is 280 g/mol. The number of nitrogens with one attached hydrogen (secondary N) is 1. The minimum absolute atomic E-state index is 0. The van der Waals surface area contributed by atoms with Gasteiger partial charge in [0.25, 0.3) is 0 Å². The van der Waals surface area contributed by atoms with Crippen LogP contribution >= 0.6 is 12.4 Å². The van der Waals surface area contributed by atoms with Crippen LogP contribution in [0.3, 0.4) is 0 Å². The van der Waals surface area contributed by atoms with Gasteiger partial charge in [0, 0.05) is 0 Å².